The highest BCUT2D eigenvalue weighted by atomic mass is 16.5. The molecule has 0 heterocycles. The summed E-state index contributed by atoms with van der Waals surface area (Å²) in [7, 11) is 1.50. The summed E-state index contributed by atoms with van der Waals surface area (Å²) in [5.41, 5.74) is 0. The van der Waals surface area contributed by atoms with Crippen molar-refractivity contribution >= 4 is 17.7 Å². The van der Waals surface area contributed by atoms with Crippen LogP contribution >= 0.6 is 0 Å². The average Bonchev–Trinajstić information content (AvgIpc) is 2.94. The number of carboxylic acids is 1. The first-order valence-electron chi connectivity index (χ1n) is 6.69. The lowest BCUT2D eigenvalue weighted by Gasteiger charge is -2.19. The zero-order chi connectivity index (χ0) is 15.0. The van der Waals surface area contributed by atoms with E-state index in [1.165, 1.54) is 7.11 Å². The molecule has 0 aromatic carbocycles. The molecule has 0 amide bonds. The summed E-state index contributed by atoms with van der Waals surface area (Å²) in [6.45, 7) is 0.305. The molecule has 1 atom stereocenters. The third-order valence-corrected chi connectivity index (χ3v) is 3.28. The van der Waals surface area contributed by atoms with E-state index < -0.39 is 18.0 Å². The molecule has 6 nitrogen and oxygen atoms in total. The number of hydrogen-bond donors (Lipinski definition) is 1. The van der Waals surface area contributed by atoms with Crippen LogP contribution in [-0.2, 0) is 23.9 Å². The lowest BCUT2D eigenvalue weighted by Crippen LogP contribution is -2.32. The number of hydrogen-bond acceptors (Lipinski definition) is 5. The first-order valence-corrected chi connectivity index (χ1v) is 6.69. The predicted octanol–water partition coefficient (Wildman–Crippen LogP) is 1.33. The minimum Gasteiger partial charge on any atom is -0.478 e. The van der Waals surface area contributed by atoms with Crippen molar-refractivity contribution in [3.05, 3.63) is 12.2 Å². The molecule has 112 valence electrons. The van der Waals surface area contributed by atoms with E-state index >= 15 is 0 Å². The SMILES string of the molecule is COCCC(OC(=O)/C=C/C(=O)O)C(=O)C1CCCC1. The number of carbonyl (C=O) groups excluding carboxylic acids is 2. The molecule has 1 N–H and O–H groups in total. The summed E-state index contributed by atoms with van der Waals surface area (Å²) >= 11 is 0. The number of aliphatic carboxylic acids is 1. The zero-order valence-corrected chi connectivity index (χ0v) is 11.5. The topological polar surface area (TPSA) is 89.9 Å². The Morgan fingerprint density at radius 1 is 1.25 bits per heavy atom. The van der Waals surface area contributed by atoms with Crippen LogP contribution < -0.4 is 0 Å². The minimum absolute atomic E-state index is 0.0619. The molecule has 0 radical (unpaired) electrons. The van der Waals surface area contributed by atoms with Crippen LogP contribution in [0.4, 0.5) is 0 Å². The zero-order valence-electron chi connectivity index (χ0n) is 11.5. The van der Waals surface area contributed by atoms with E-state index in [2.05, 4.69) is 0 Å². The van der Waals surface area contributed by atoms with E-state index in [-0.39, 0.29) is 11.7 Å². The van der Waals surface area contributed by atoms with Crippen molar-refractivity contribution in [2.45, 2.75) is 38.2 Å². The lowest BCUT2D eigenvalue weighted by atomic mass is 9.96. The number of methoxy groups -OCH3 is 1. The number of esters is 1. The molecule has 1 saturated carbocycles. The van der Waals surface area contributed by atoms with Gasteiger partial charge in [0.15, 0.2) is 11.9 Å². The standard InChI is InChI=1S/C14H20O6/c1-19-9-8-11(14(18)10-4-2-3-5-10)20-13(17)7-6-12(15)16/h6-7,10-11H,2-5,8-9H2,1H3,(H,15,16)/b7-6+. The fraction of sp³-hybridized carbons (Fsp3) is 0.643. The van der Waals surface area contributed by atoms with Crippen LogP contribution in [0.2, 0.25) is 0 Å². The molecule has 0 saturated heterocycles. The van der Waals surface area contributed by atoms with Gasteiger partial charge in [-0.25, -0.2) is 9.59 Å². The highest BCUT2D eigenvalue weighted by Gasteiger charge is 2.31. The molecular formula is C14H20O6. The van der Waals surface area contributed by atoms with Crippen molar-refractivity contribution in [1.82, 2.24) is 0 Å². The van der Waals surface area contributed by atoms with Crippen LogP contribution in [0.3, 0.4) is 0 Å². The molecule has 0 bridgehead atoms. The van der Waals surface area contributed by atoms with E-state index in [9.17, 15) is 14.4 Å². The Morgan fingerprint density at radius 2 is 1.90 bits per heavy atom. The molecule has 0 aromatic heterocycles. The normalized spacial score (nSPS) is 17.2. The number of carbonyl (C=O) groups is 3. The Labute approximate surface area is 117 Å². The van der Waals surface area contributed by atoms with Crippen LogP contribution in [-0.4, -0.2) is 42.6 Å². The van der Waals surface area contributed by atoms with Crippen molar-refractivity contribution in [3.63, 3.8) is 0 Å². The Morgan fingerprint density at radius 3 is 2.45 bits per heavy atom. The summed E-state index contributed by atoms with van der Waals surface area (Å²) in [4.78, 5) is 34.0. The van der Waals surface area contributed by atoms with Gasteiger partial charge < -0.3 is 14.6 Å². The van der Waals surface area contributed by atoms with Gasteiger partial charge >= 0.3 is 11.9 Å². The molecule has 6 heteroatoms. The number of Topliss-reactive ketones (excluding diaryl/α,β-unsaturated/α-hetero) is 1. The first kappa shape index (κ1) is 16.4. The van der Waals surface area contributed by atoms with Gasteiger partial charge in [-0.3, -0.25) is 4.79 Å². The fourth-order valence-corrected chi connectivity index (χ4v) is 2.28. The molecule has 0 spiro atoms. The largest absolute Gasteiger partial charge is 0.478 e. The second-order valence-corrected chi connectivity index (χ2v) is 4.76. The predicted molar refractivity (Wildman–Crippen MR) is 70.1 cm³/mol. The Balaban J connectivity index is 2.60. The quantitative estimate of drug-likeness (QED) is 0.534. The van der Waals surface area contributed by atoms with Crippen LogP contribution in [0.5, 0.6) is 0 Å². The fourth-order valence-electron chi connectivity index (χ4n) is 2.28. The van der Waals surface area contributed by atoms with Gasteiger partial charge in [-0.1, -0.05) is 12.8 Å². The molecule has 1 aliphatic carbocycles. The maximum atomic E-state index is 12.3. The van der Waals surface area contributed by atoms with E-state index in [4.69, 9.17) is 14.6 Å². The van der Waals surface area contributed by atoms with E-state index in [0.717, 1.165) is 31.8 Å². The van der Waals surface area contributed by atoms with Gasteiger partial charge in [0.1, 0.15) is 0 Å². The van der Waals surface area contributed by atoms with E-state index in [0.29, 0.717) is 19.1 Å². The number of ether oxygens (including phenoxy) is 2. The molecular weight excluding hydrogens is 264 g/mol. The van der Waals surface area contributed by atoms with Crippen molar-refractivity contribution in [2.75, 3.05) is 13.7 Å². The first-order chi connectivity index (χ1) is 9.54. The van der Waals surface area contributed by atoms with Gasteiger partial charge in [0.2, 0.25) is 0 Å². The van der Waals surface area contributed by atoms with Crippen molar-refractivity contribution in [3.8, 4) is 0 Å². The van der Waals surface area contributed by atoms with Gasteiger partial charge in [0, 0.05) is 31.6 Å². The van der Waals surface area contributed by atoms with Crippen molar-refractivity contribution in [2.24, 2.45) is 5.92 Å². The molecule has 1 aliphatic rings. The van der Waals surface area contributed by atoms with Crippen molar-refractivity contribution in [1.29, 1.82) is 0 Å². The number of rotatable bonds is 8. The molecule has 0 aliphatic heterocycles. The van der Waals surface area contributed by atoms with E-state index in [1.54, 1.807) is 0 Å². The van der Waals surface area contributed by atoms with Crippen LogP contribution in [0, 0.1) is 5.92 Å². The smallest absolute Gasteiger partial charge is 0.331 e. The highest BCUT2D eigenvalue weighted by Crippen LogP contribution is 2.27. The summed E-state index contributed by atoms with van der Waals surface area (Å²) < 4.78 is 9.97. The lowest BCUT2D eigenvalue weighted by molar-refractivity contribution is -0.153. The van der Waals surface area contributed by atoms with Crippen LogP contribution in [0.25, 0.3) is 0 Å². The van der Waals surface area contributed by atoms with Gasteiger partial charge in [0.25, 0.3) is 0 Å². The monoisotopic (exact) mass is 284 g/mol. The van der Waals surface area contributed by atoms with Gasteiger partial charge in [-0.15, -0.1) is 0 Å². The highest BCUT2D eigenvalue weighted by molar-refractivity contribution is 5.93. The van der Waals surface area contributed by atoms with Gasteiger partial charge in [-0.05, 0) is 12.8 Å². The van der Waals surface area contributed by atoms with Crippen LogP contribution in [0.15, 0.2) is 12.2 Å². The van der Waals surface area contributed by atoms with E-state index in [1.807, 2.05) is 0 Å². The number of ketones is 1. The molecule has 1 unspecified atom stereocenters. The molecule has 1 rings (SSSR count). The maximum Gasteiger partial charge on any atom is 0.331 e. The summed E-state index contributed by atoms with van der Waals surface area (Å²) in [5, 5.41) is 8.44. The van der Waals surface area contributed by atoms with Gasteiger partial charge in [0.05, 0.1) is 6.61 Å². The molecule has 20 heavy (non-hydrogen) atoms. The summed E-state index contributed by atoms with van der Waals surface area (Å²) in [5.74, 6) is -2.21. The number of carboxylic acid groups (broad SMARTS) is 1. The third-order valence-electron chi connectivity index (χ3n) is 3.28. The molecule has 0 aromatic rings. The average molecular weight is 284 g/mol. The molecule has 1 fully saturated rings. The Kier molecular flexibility index (Phi) is 6.93. The van der Waals surface area contributed by atoms with Crippen molar-refractivity contribution < 1.29 is 29.0 Å². The summed E-state index contributed by atoms with van der Waals surface area (Å²) in [6.07, 6.45) is 4.61. The summed E-state index contributed by atoms with van der Waals surface area (Å²) in [6, 6.07) is 0. The minimum atomic E-state index is -1.24. The second kappa shape index (κ2) is 8.47. The van der Waals surface area contributed by atoms with Crippen LogP contribution in [0.1, 0.15) is 32.1 Å². The Hall–Kier alpha value is -1.69. The third kappa shape index (κ3) is 5.52. The second-order valence-electron chi connectivity index (χ2n) is 4.76. The maximum absolute atomic E-state index is 12.3. The Bertz CT molecular complexity index is 381. The van der Waals surface area contributed by atoms with Gasteiger partial charge in [-0.2, -0.15) is 0 Å².